The van der Waals surface area contributed by atoms with Crippen molar-refractivity contribution in [1.82, 2.24) is 5.32 Å². The van der Waals surface area contributed by atoms with Gasteiger partial charge in [-0.15, -0.1) is 0 Å². The smallest absolute Gasteiger partial charge is 0.119 e. The highest BCUT2D eigenvalue weighted by Crippen LogP contribution is 2.24. The summed E-state index contributed by atoms with van der Waals surface area (Å²) in [6, 6.07) is 8.47. The molecule has 0 radical (unpaired) electrons. The fourth-order valence-corrected chi connectivity index (χ4v) is 2.62. The predicted molar refractivity (Wildman–Crippen MR) is 77.5 cm³/mol. The van der Waals surface area contributed by atoms with Crippen molar-refractivity contribution >= 4 is 0 Å². The third-order valence-electron chi connectivity index (χ3n) is 3.94. The minimum atomic E-state index is -0.450. The Hall–Kier alpha value is -1.06. The van der Waals surface area contributed by atoms with Crippen LogP contribution in [0.1, 0.15) is 31.7 Å². The number of hydrogen-bond donors (Lipinski definition) is 2. The van der Waals surface area contributed by atoms with E-state index in [-0.39, 0.29) is 0 Å². The monoisotopic (exact) mass is 263 g/mol. The normalized spacial score (nSPS) is 24.4. The summed E-state index contributed by atoms with van der Waals surface area (Å²) in [7, 11) is 0. The fraction of sp³-hybridized carbons (Fsp3) is 0.625. The van der Waals surface area contributed by atoms with E-state index in [9.17, 15) is 5.11 Å². The first-order chi connectivity index (χ1) is 9.15. The zero-order valence-corrected chi connectivity index (χ0v) is 11.9. The number of aliphatic hydroxyl groups is 1. The molecule has 1 fully saturated rings. The van der Waals surface area contributed by atoms with Gasteiger partial charge in [0.1, 0.15) is 18.5 Å². The van der Waals surface area contributed by atoms with Gasteiger partial charge in [-0.3, -0.25) is 0 Å². The van der Waals surface area contributed by atoms with E-state index in [1.165, 1.54) is 24.8 Å². The van der Waals surface area contributed by atoms with E-state index < -0.39 is 6.10 Å². The number of nitrogens with one attached hydrogen (secondary N) is 1. The van der Waals surface area contributed by atoms with Crippen molar-refractivity contribution in [2.24, 2.45) is 5.92 Å². The maximum atomic E-state index is 9.92. The van der Waals surface area contributed by atoms with Crippen molar-refractivity contribution < 1.29 is 9.84 Å². The van der Waals surface area contributed by atoms with Gasteiger partial charge in [0, 0.05) is 12.6 Å². The Morgan fingerprint density at radius 3 is 2.68 bits per heavy atom. The van der Waals surface area contributed by atoms with Gasteiger partial charge < -0.3 is 15.2 Å². The molecule has 1 aromatic carbocycles. The summed E-state index contributed by atoms with van der Waals surface area (Å²) in [5, 5.41) is 13.4. The average molecular weight is 263 g/mol. The molecule has 3 unspecified atom stereocenters. The van der Waals surface area contributed by atoms with Crippen LogP contribution in [0, 0.1) is 12.8 Å². The highest BCUT2D eigenvalue weighted by Gasteiger charge is 2.23. The van der Waals surface area contributed by atoms with Crippen molar-refractivity contribution in [3.63, 3.8) is 0 Å². The third kappa shape index (κ3) is 4.51. The van der Waals surface area contributed by atoms with Crippen molar-refractivity contribution in [1.29, 1.82) is 0 Å². The Balaban J connectivity index is 1.66. The number of benzene rings is 1. The molecular weight excluding hydrogens is 238 g/mol. The molecule has 106 valence electrons. The van der Waals surface area contributed by atoms with Gasteiger partial charge in [-0.25, -0.2) is 0 Å². The Bertz CT molecular complexity index is 377. The summed E-state index contributed by atoms with van der Waals surface area (Å²) in [5.74, 6) is 1.55. The van der Waals surface area contributed by atoms with E-state index in [2.05, 4.69) is 12.2 Å². The highest BCUT2D eigenvalue weighted by molar-refractivity contribution is 5.26. The van der Waals surface area contributed by atoms with E-state index in [4.69, 9.17) is 4.74 Å². The number of rotatable bonds is 6. The second-order valence-corrected chi connectivity index (χ2v) is 5.70. The van der Waals surface area contributed by atoms with Gasteiger partial charge >= 0.3 is 0 Å². The number of aliphatic hydroxyl groups excluding tert-OH is 1. The second kappa shape index (κ2) is 6.92. The van der Waals surface area contributed by atoms with Crippen molar-refractivity contribution in [3.8, 4) is 5.75 Å². The molecule has 0 amide bonds. The van der Waals surface area contributed by atoms with Crippen LogP contribution < -0.4 is 10.1 Å². The highest BCUT2D eigenvalue weighted by atomic mass is 16.5. The molecule has 2 rings (SSSR count). The van der Waals surface area contributed by atoms with Crippen molar-refractivity contribution in [3.05, 3.63) is 29.8 Å². The van der Waals surface area contributed by atoms with E-state index in [0.717, 1.165) is 11.7 Å². The molecule has 0 aliphatic heterocycles. The summed E-state index contributed by atoms with van der Waals surface area (Å²) < 4.78 is 5.57. The van der Waals surface area contributed by atoms with Gasteiger partial charge in [-0.2, -0.15) is 0 Å². The SMILES string of the molecule is Cc1ccc(OCC(O)CNC2CCCC2C)cc1. The molecule has 2 N–H and O–H groups in total. The third-order valence-corrected chi connectivity index (χ3v) is 3.94. The number of ether oxygens (including phenoxy) is 1. The summed E-state index contributed by atoms with van der Waals surface area (Å²) >= 11 is 0. The summed E-state index contributed by atoms with van der Waals surface area (Å²) in [6.45, 7) is 5.28. The molecule has 0 aromatic heterocycles. The first kappa shape index (κ1) is 14.4. The molecule has 0 heterocycles. The standard InChI is InChI=1S/C16H25NO2/c1-12-6-8-15(9-7-12)19-11-14(18)10-17-16-5-3-4-13(16)2/h6-9,13-14,16-18H,3-5,10-11H2,1-2H3. The fourth-order valence-electron chi connectivity index (χ4n) is 2.62. The Kier molecular flexibility index (Phi) is 5.23. The molecular formula is C16H25NO2. The molecule has 1 aromatic rings. The predicted octanol–water partition coefficient (Wildman–Crippen LogP) is 2.51. The molecule has 1 aliphatic carbocycles. The summed E-state index contributed by atoms with van der Waals surface area (Å²) in [6.07, 6.45) is 3.38. The van der Waals surface area contributed by atoms with Gasteiger partial charge in [-0.1, -0.05) is 31.0 Å². The van der Waals surface area contributed by atoms with Gasteiger partial charge in [0.2, 0.25) is 0 Å². The largest absolute Gasteiger partial charge is 0.491 e. The Morgan fingerprint density at radius 2 is 2.05 bits per heavy atom. The molecule has 3 atom stereocenters. The quantitative estimate of drug-likeness (QED) is 0.828. The molecule has 1 saturated carbocycles. The maximum Gasteiger partial charge on any atom is 0.119 e. The number of aryl methyl sites for hydroxylation is 1. The molecule has 19 heavy (non-hydrogen) atoms. The van der Waals surface area contributed by atoms with Crippen LogP contribution in [0.25, 0.3) is 0 Å². The zero-order chi connectivity index (χ0) is 13.7. The average Bonchev–Trinajstić information content (AvgIpc) is 2.81. The maximum absolute atomic E-state index is 9.92. The molecule has 0 bridgehead atoms. The molecule has 3 nitrogen and oxygen atoms in total. The Morgan fingerprint density at radius 1 is 1.32 bits per heavy atom. The zero-order valence-electron chi connectivity index (χ0n) is 11.9. The minimum Gasteiger partial charge on any atom is -0.491 e. The van der Waals surface area contributed by atoms with Crippen LogP contribution in [0.5, 0.6) is 5.75 Å². The lowest BCUT2D eigenvalue weighted by Gasteiger charge is -2.20. The van der Waals surface area contributed by atoms with Crippen LogP contribution >= 0.6 is 0 Å². The molecule has 3 heteroatoms. The van der Waals surface area contributed by atoms with Crippen LogP contribution in [-0.4, -0.2) is 30.4 Å². The lowest BCUT2D eigenvalue weighted by atomic mass is 10.1. The minimum absolute atomic E-state index is 0.344. The van der Waals surface area contributed by atoms with Crippen LogP contribution in [0.4, 0.5) is 0 Å². The summed E-state index contributed by atoms with van der Waals surface area (Å²) in [5.41, 5.74) is 1.21. The second-order valence-electron chi connectivity index (χ2n) is 5.70. The van der Waals surface area contributed by atoms with Crippen LogP contribution in [0.2, 0.25) is 0 Å². The lowest BCUT2D eigenvalue weighted by Crippen LogP contribution is -2.39. The Labute approximate surface area is 116 Å². The van der Waals surface area contributed by atoms with Gasteiger partial charge in [0.15, 0.2) is 0 Å². The van der Waals surface area contributed by atoms with Gasteiger partial charge in [0.25, 0.3) is 0 Å². The molecule has 1 aliphatic rings. The number of hydrogen-bond acceptors (Lipinski definition) is 3. The molecule has 0 spiro atoms. The first-order valence-corrected chi connectivity index (χ1v) is 7.26. The first-order valence-electron chi connectivity index (χ1n) is 7.26. The van der Waals surface area contributed by atoms with E-state index in [1.807, 2.05) is 31.2 Å². The lowest BCUT2D eigenvalue weighted by molar-refractivity contribution is 0.102. The van der Waals surface area contributed by atoms with Gasteiger partial charge in [-0.05, 0) is 37.8 Å². The van der Waals surface area contributed by atoms with E-state index >= 15 is 0 Å². The van der Waals surface area contributed by atoms with E-state index in [0.29, 0.717) is 19.2 Å². The molecule has 0 saturated heterocycles. The van der Waals surface area contributed by atoms with Crippen LogP contribution in [0.15, 0.2) is 24.3 Å². The van der Waals surface area contributed by atoms with Crippen LogP contribution in [0.3, 0.4) is 0 Å². The van der Waals surface area contributed by atoms with Crippen molar-refractivity contribution in [2.45, 2.75) is 45.3 Å². The van der Waals surface area contributed by atoms with Crippen LogP contribution in [-0.2, 0) is 0 Å². The van der Waals surface area contributed by atoms with Crippen molar-refractivity contribution in [2.75, 3.05) is 13.2 Å². The summed E-state index contributed by atoms with van der Waals surface area (Å²) in [4.78, 5) is 0. The van der Waals surface area contributed by atoms with E-state index in [1.54, 1.807) is 0 Å². The topological polar surface area (TPSA) is 41.5 Å². The van der Waals surface area contributed by atoms with Gasteiger partial charge in [0.05, 0.1) is 0 Å².